The number of nitrogens with zero attached hydrogens (tertiary/aromatic N) is 6. The second-order valence-electron chi connectivity index (χ2n) is 8.45. The highest BCUT2D eigenvalue weighted by atomic mass is 19.1. The molecule has 11 nitrogen and oxygen atoms in total. The van der Waals surface area contributed by atoms with Gasteiger partial charge in [-0.1, -0.05) is 0 Å². The minimum atomic E-state index is -1.33. The predicted octanol–water partition coefficient (Wildman–Crippen LogP) is 3.37. The molecule has 0 bridgehead atoms. The van der Waals surface area contributed by atoms with Crippen LogP contribution in [0, 0.1) is 0 Å². The van der Waals surface area contributed by atoms with Crippen molar-refractivity contribution < 1.29 is 13.9 Å². The van der Waals surface area contributed by atoms with E-state index >= 15 is 4.39 Å². The van der Waals surface area contributed by atoms with Gasteiger partial charge in [0.25, 0.3) is 0 Å². The number of aromatic nitrogens is 7. The van der Waals surface area contributed by atoms with E-state index in [-0.39, 0.29) is 6.04 Å². The zero-order valence-electron chi connectivity index (χ0n) is 18.6. The van der Waals surface area contributed by atoms with Crippen molar-refractivity contribution in [3.63, 3.8) is 0 Å². The van der Waals surface area contributed by atoms with Crippen LogP contribution in [0.15, 0.2) is 43.2 Å². The minimum Gasteiger partial charge on any atom is -0.443 e. The van der Waals surface area contributed by atoms with Crippen molar-refractivity contribution in [3.05, 3.63) is 48.9 Å². The van der Waals surface area contributed by atoms with Crippen molar-refractivity contribution >= 4 is 23.5 Å². The maximum absolute atomic E-state index is 15.1. The van der Waals surface area contributed by atoms with Gasteiger partial charge in [0, 0.05) is 60.1 Å². The average molecular weight is 465 g/mol. The van der Waals surface area contributed by atoms with Crippen molar-refractivity contribution in [2.45, 2.75) is 50.9 Å². The molecular weight excluding hydrogens is 441 g/mol. The monoisotopic (exact) mass is 465 g/mol. The van der Waals surface area contributed by atoms with Crippen molar-refractivity contribution in [2.75, 3.05) is 5.32 Å². The van der Waals surface area contributed by atoms with E-state index in [1.54, 1.807) is 35.3 Å². The summed E-state index contributed by atoms with van der Waals surface area (Å²) in [5.74, 6) is 0.517. The first-order chi connectivity index (χ1) is 16.5. The lowest BCUT2D eigenvalue weighted by molar-refractivity contribution is 0.0555. The number of carbonyl (C=O) groups excluding carboxylic acids is 1. The molecule has 12 heteroatoms. The van der Waals surface area contributed by atoms with Gasteiger partial charge in [0.05, 0.1) is 5.69 Å². The molecule has 3 N–H and O–H groups in total. The lowest BCUT2D eigenvalue weighted by Gasteiger charge is -2.18. The average Bonchev–Trinajstić information content (AvgIpc) is 3.55. The molecule has 4 heterocycles. The topological polar surface area (TPSA) is 135 Å². The number of fused-ring (bicyclic) bond motifs is 1. The molecule has 5 rings (SSSR count). The molecule has 0 unspecified atom stereocenters. The Morgan fingerprint density at radius 3 is 2.88 bits per heavy atom. The molecule has 176 valence electrons. The number of hydrogen-bond acceptors (Lipinski definition) is 8. The molecular formula is C22H24FN9O2. The highest BCUT2D eigenvalue weighted by Gasteiger charge is 2.40. The maximum Gasteiger partial charge on any atom is 0.407 e. The number of hydrogen-bond donors (Lipinski definition) is 3. The van der Waals surface area contributed by atoms with Crippen LogP contribution < -0.4 is 10.6 Å². The number of anilines is 2. The number of alkyl carbamates (subject to hydrolysis) is 1. The predicted molar refractivity (Wildman–Crippen MR) is 121 cm³/mol. The van der Waals surface area contributed by atoms with E-state index in [1.165, 1.54) is 6.33 Å². The molecule has 1 saturated carbocycles. The van der Waals surface area contributed by atoms with Crippen LogP contribution in [0.1, 0.15) is 38.3 Å². The molecule has 0 aliphatic heterocycles. The second-order valence-corrected chi connectivity index (χ2v) is 8.45. The molecule has 1 fully saturated rings. The van der Waals surface area contributed by atoms with Crippen molar-refractivity contribution in [3.8, 4) is 11.3 Å². The zero-order chi connectivity index (χ0) is 23.7. The first-order valence-corrected chi connectivity index (χ1v) is 11.0. The van der Waals surface area contributed by atoms with Crippen LogP contribution in [-0.2, 0) is 4.74 Å². The molecule has 0 aromatic carbocycles. The van der Waals surface area contributed by atoms with Crippen LogP contribution in [0.2, 0.25) is 0 Å². The Hall–Kier alpha value is -4.09. The summed E-state index contributed by atoms with van der Waals surface area (Å²) in [6.07, 6.45) is 6.51. The summed E-state index contributed by atoms with van der Waals surface area (Å²) in [5, 5.41) is 13.0. The first kappa shape index (κ1) is 21.7. The summed E-state index contributed by atoms with van der Waals surface area (Å²) in [7, 11) is 0. The zero-order valence-corrected chi connectivity index (χ0v) is 18.6. The van der Waals surface area contributed by atoms with E-state index < -0.39 is 24.3 Å². The number of halogens is 1. The van der Waals surface area contributed by atoms with Gasteiger partial charge in [0.15, 0.2) is 5.82 Å². The highest BCUT2D eigenvalue weighted by molar-refractivity contribution is 5.68. The van der Waals surface area contributed by atoms with Crippen LogP contribution in [-0.4, -0.2) is 58.9 Å². The molecule has 0 saturated heterocycles. The molecule has 4 aromatic rings. The molecule has 1 aliphatic carbocycles. The van der Waals surface area contributed by atoms with Crippen LogP contribution in [0.5, 0.6) is 0 Å². The number of carbonyl (C=O) groups is 1. The second kappa shape index (κ2) is 9.04. The fourth-order valence-corrected chi connectivity index (χ4v) is 4.08. The standard InChI is InChI=1S/C22H24FN9O2/c1-12(2)27-22(33)34-17-4-3-14(20(17)23)16-7-18(31-30-16)29-21-28-15(13-9-24-11-25-10-13)8-19-26-5-6-32(19)21/h5-12,14,17,20H,3-4H2,1-2H3,(H,27,33)(H2,28,29,30,31)/t14-,17-,20+/m1/s1. The van der Waals surface area contributed by atoms with Gasteiger partial charge in [-0.2, -0.15) is 5.10 Å². The fourth-order valence-electron chi connectivity index (χ4n) is 4.08. The Labute approximate surface area is 194 Å². The van der Waals surface area contributed by atoms with E-state index in [4.69, 9.17) is 4.74 Å². The van der Waals surface area contributed by atoms with Crippen LogP contribution >= 0.6 is 0 Å². The number of amides is 1. The Morgan fingerprint density at radius 2 is 2.09 bits per heavy atom. The Morgan fingerprint density at radius 1 is 1.26 bits per heavy atom. The van der Waals surface area contributed by atoms with Gasteiger partial charge >= 0.3 is 6.09 Å². The maximum atomic E-state index is 15.1. The highest BCUT2D eigenvalue weighted by Crippen LogP contribution is 2.38. The molecule has 1 aliphatic rings. The SMILES string of the molecule is CC(C)NC(=O)O[C@@H]1CC[C@H](c2cc(Nc3nc(-c4cncnc4)cc4nccn34)n[nH]2)[C@@H]1F. The number of rotatable bonds is 6. The first-order valence-electron chi connectivity index (χ1n) is 11.0. The summed E-state index contributed by atoms with van der Waals surface area (Å²) in [6, 6.07) is 3.51. The van der Waals surface area contributed by atoms with E-state index in [2.05, 4.69) is 40.8 Å². The molecule has 4 aromatic heterocycles. The van der Waals surface area contributed by atoms with Gasteiger partial charge in [-0.15, -0.1) is 0 Å². The number of ether oxygens (including phenoxy) is 1. The Balaban J connectivity index is 1.33. The molecule has 1 amide bonds. The van der Waals surface area contributed by atoms with Crippen LogP contribution in [0.4, 0.5) is 21.0 Å². The van der Waals surface area contributed by atoms with Crippen molar-refractivity contribution in [2.24, 2.45) is 0 Å². The summed E-state index contributed by atoms with van der Waals surface area (Å²) < 4.78 is 22.1. The van der Waals surface area contributed by atoms with Crippen molar-refractivity contribution in [1.82, 2.24) is 39.9 Å². The van der Waals surface area contributed by atoms with Gasteiger partial charge < -0.3 is 15.4 Å². The largest absolute Gasteiger partial charge is 0.443 e. The van der Waals surface area contributed by atoms with Gasteiger partial charge in [0.1, 0.15) is 24.3 Å². The smallest absolute Gasteiger partial charge is 0.407 e. The summed E-state index contributed by atoms with van der Waals surface area (Å²) in [4.78, 5) is 29.0. The minimum absolute atomic E-state index is 0.0764. The van der Waals surface area contributed by atoms with Gasteiger partial charge in [-0.3, -0.25) is 9.50 Å². The van der Waals surface area contributed by atoms with E-state index in [1.807, 2.05) is 19.9 Å². The summed E-state index contributed by atoms with van der Waals surface area (Å²) in [5.41, 5.74) is 2.71. The van der Waals surface area contributed by atoms with Gasteiger partial charge in [-0.05, 0) is 26.7 Å². The normalized spacial score (nSPS) is 20.1. The number of H-pyrrole nitrogens is 1. The third-order valence-electron chi connectivity index (χ3n) is 5.65. The Bertz CT molecular complexity index is 1290. The lowest BCUT2D eigenvalue weighted by atomic mass is 10.0. The van der Waals surface area contributed by atoms with Gasteiger partial charge in [-0.25, -0.2) is 29.1 Å². The fraction of sp³-hybridized carbons (Fsp3) is 0.364. The summed E-state index contributed by atoms with van der Waals surface area (Å²) in [6.45, 7) is 3.64. The van der Waals surface area contributed by atoms with Crippen LogP contribution in [0.25, 0.3) is 16.9 Å². The molecule has 0 spiro atoms. The summed E-state index contributed by atoms with van der Waals surface area (Å²) >= 11 is 0. The van der Waals surface area contributed by atoms with Crippen molar-refractivity contribution in [1.29, 1.82) is 0 Å². The number of imidazole rings is 1. The number of aromatic amines is 1. The van der Waals surface area contributed by atoms with E-state index in [0.29, 0.717) is 41.6 Å². The van der Waals surface area contributed by atoms with Gasteiger partial charge in [0.2, 0.25) is 5.95 Å². The quantitative estimate of drug-likeness (QED) is 0.394. The number of alkyl halides is 1. The molecule has 34 heavy (non-hydrogen) atoms. The van der Waals surface area contributed by atoms with E-state index in [0.717, 1.165) is 5.56 Å². The third-order valence-corrected chi connectivity index (χ3v) is 5.65. The lowest BCUT2D eigenvalue weighted by Crippen LogP contribution is -2.36. The molecule has 0 radical (unpaired) electrons. The Kier molecular flexibility index (Phi) is 5.78. The van der Waals surface area contributed by atoms with Crippen LogP contribution in [0.3, 0.4) is 0 Å². The number of nitrogens with one attached hydrogen (secondary N) is 3. The van der Waals surface area contributed by atoms with E-state index in [9.17, 15) is 4.79 Å². The third kappa shape index (κ3) is 4.38. The molecule has 3 atom stereocenters.